The quantitative estimate of drug-likeness (QED) is 0.888. The van der Waals surface area contributed by atoms with E-state index in [1.807, 2.05) is 4.98 Å². The standard InChI is InChI=1S/C12H8F3NO4/c1-20-5-2-3-7-6(4-5)9(17)8(11(18)19)10(16-7)12(13,14)15/h2-4H,1H3,(H,16,17)(H,18,19). The number of aromatic carboxylic acids is 1. The summed E-state index contributed by atoms with van der Waals surface area (Å²) in [5.74, 6) is -1.71. The summed E-state index contributed by atoms with van der Waals surface area (Å²) in [6.07, 6.45) is -4.97. The van der Waals surface area contributed by atoms with Gasteiger partial charge in [-0.25, -0.2) is 4.79 Å². The van der Waals surface area contributed by atoms with E-state index in [0.717, 1.165) is 0 Å². The lowest BCUT2D eigenvalue weighted by Gasteiger charge is -2.12. The molecule has 0 amide bonds. The molecule has 0 aliphatic heterocycles. The molecule has 0 fully saturated rings. The van der Waals surface area contributed by atoms with E-state index < -0.39 is 28.8 Å². The minimum absolute atomic E-state index is 0.117. The van der Waals surface area contributed by atoms with Gasteiger partial charge >= 0.3 is 12.1 Å². The third-order valence-corrected chi connectivity index (χ3v) is 2.71. The van der Waals surface area contributed by atoms with Crippen molar-refractivity contribution in [3.05, 3.63) is 39.7 Å². The molecule has 1 heterocycles. The zero-order valence-electron chi connectivity index (χ0n) is 10.0. The summed E-state index contributed by atoms with van der Waals surface area (Å²) in [5, 5.41) is 8.66. The first-order valence-corrected chi connectivity index (χ1v) is 5.30. The summed E-state index contributed by atoms with van der Waals surface area (Å²) < 4.78 is 43.3. The van der Waals surface area contributed by atoms with Gasteiger partial charge in [0.1, 0.15) is 17.0 Å². The van der Waals surface area contributed by atoms with Gasteiger partial charge in [0.05, 0.1) is 18.0 Å². The van der Waals surface area contributed by atoms with Crippen molar-refractivity contribution in [1.29, 1.82) is 0 Å². The molecule has 8 heteroatoms. The van der Waals surface area contributed by atoms with Crippen LogP contribution in [0.1, 0.15) is 16.1 Å². The first-order valence-electron chi connectivity index (χ1n) is 5.30. The van der Waals surface area contributed by atoms with Crippen molar-refractivity contribution < 1.29 is 27.8 Å². The molecule has 0 saturated heterocycles. The van der Waals surface area contributed by atoms with Crippen molar-refractivity contribution in [3.8, 4) is 5.75 Å². The Balaban J connectivity index is 2.93. The van der Waals surface area contributed by atoms with E-state index in [4.69, 9.17) is 9.84 Å². The van der Waals surface area contributed by atoms with Gasteiger partial charge in [0, 0.05) is 0 Å². The first kappa shape index (κ1) is 13.9. The summed E-state index contributed by atoms with van der Waals surface area (Å²) in [7, 11) is 1.32. The highest BCUT2D eigenvalue weighted by Crippen LogP contribution is 2.31. The number of aromatic amines is 1. The molecule has 0 bridgehead atoms. The number of nitrogens with one attached hydrogen (secondary N) is 1. The average Bonchev–Trinajstić information content (AvgIpc) is 2.36. The third-order valence-electron chi connectivity index (χ3n) is 2.71. The van der Waals surface area contributed by atoms with E-state index in [9.17, 15) is 22.8 Å². The van der Waals surface area contributed by atoms with Gasteiger partial charge in [-0.15, -0.1) is 0 Å². The zero-order chi connectivity index (χ0) is 15.1. The molecule has 0 atom stereocenters. The lowest BCUT2D eigenvalue weighted by Crippen LogP contribution is -2.24. The Labute approximate surface area is 109 Å². The number of benzene rings is 1. The van der Waals surface area contributed by atoms with Gasteiger partial charge in [-0.05, 0) is 18.2 Å². The number of aromatic nitrogens is 1. The van der Waals surface area contributed by atoms with E-state index in [-0.39, 0.29) is 16.7 Å². The minimum atomic E-state index is -4.97. The Bertz CT molecular complexity index is 749. The zero-order valence-corrected chi connectivity index (χ0v) is 10.0. The van der Waals surface area contributed by atoms with Gasteiger partial charge in [-0.1, -0.05) is 0 Å². The van der Waals surface area contributed by atoms with Gasteiger partial charge in [0.2, 0.25) is 5.43 Å². The molecule has 2 N–H and O–H groups in total. The van der Waals surface area contributed by atoms with Crippen LogP contribution in [0.3, 0.4) is 0 Å². The van der Waals surface area contributed by atoms with E-state index in [0.29, 0.717) is 0 Å². The van der Waals surface area contributed by atoms with Crippen LogP contribution in [0.4, 0.5) is 13.2 Å². The van der Waals surface area contributed by atoms with Gasteiger partial charge in [0.25, 0.3) is 0 Å². The Kier molecular flexibility index (Phi) is 3.16. The van der Waals surface area contributed by atoms with Crippen LogP contribution in [0, 0.1) is 0 Å². The van der Waals surface area contributed by atoms with Crippen molar-refractivity contribution >= 4 is 16.9 Å². The number of ether oxygens (including phenoxy) is 1. The van der Waals surface area contributed by atoms with Crippen molar-refractivity contribution in [2.24, 2.45) is 0 Å². The second-order valence-electron chi connectivity index (χ2n) is 3.92. The Hall–Kier alpha value is -2.51. The van der Waals surface area contributed by atoms with Crippen LogP contribution in [-0.4, -0.2) is 23.2 Å². The molecular formula is C12H8F3NO4. The number of halogens is 3. The molecule has 20 heavy (non-hydrogen) atoms. The topological polar surface area (TPSA) is 79.4 Å². The molecule has 106 valence electrons. The molecule has 2 aromatic rings. The SMILES string of the molecule is COc1ccc2[nH]c(C(F)(F)F)c(C(=O)O)c(=O)c2c1. The smallest absolute Gasteiger partial charge is 0.432 e. The number of carboxylic acid groups (broad SMARTS) is 1. The summed E-state index contributed by atoms with van der Waals surface area (Å²) in [6, 6.07) is 3.76. The summed E-state index contributed by atoms with van der Waals surface area (Å²) in [5.41, 5.74) is -4.24. The molecule has 0 spiro atoms. The number of rotatable bonds is 2. The number of hydrogen-bond acceptors (Lipinski definition) is 3. The summed E-state index contributed by atoms with van der Waals surface area (Å²) >= 11 is 0. The third kappa shape index (κ3) is 2.20. The van der Waals surface area contributed by atoms with Crippen LogP contribution in [-0.2, 0) is 6.18 Å². The number of hydrogen-bond donors (Lipinski definition) is 2. The molecule has 5 nitrogen and oxygen atoms in total. The second-order valence-corrected chi connectivity index (χ2v) is 3.92. The van der Waals surface area contributed by atoms with Crippen LogP contribution < -0.4 is 10.2 Å². The molecule has 1 aromatic carbocycles. The number of fused-ring (bicyclic) bond motifs is 1. The monoisotopic (exact) mass is 287 g/mol. The van der Waals surface area contributed by atoms with Gasteiger partial charge < -0.3 is 14.8 Å². The molecule has 2 rings (SSSR count). The average molecular weight is 287 g/mol. The van der Waals surface area contributed by atoms with Gasteiger partial charge in [-0.2, -0.15) is 13.2 Å². The number of methoxy groups -OCH3 is 1. The Morgan fingerprint density at radius 3 is 2.50 bits per heavy atom. The predicted octanol–water partition coefficient (Wildman–Crippen LogP) is 2.25. The van der Waals surface area contributed by atoms with E-state index in [1.165, 1.54) is 25.3 Å². The highest BCUT2D eigenvalue weighted by atomic mass is 19.4. The summed E-state index contributed by atoms with van der Waals surface area (Å²) in [4.78, 5) is 24.8. The van der Waals surface area contributed by atoms with Crippen molar-refractivity contribution in [2.45, 2.75) is 6.18 Å². The number of H-pyrrole nitrogens is 1. The second kappa shape index (κ2) is 4.55. The van der Waals surface area contributed by atoms with E-state index in [1.54, 1.807) is 0 Å². The fourth-order valence-electron chi connectivity index (χ4n) is 1.81. The maximum atomic E-state index is 12.8. The first-order chi connectivity index (χ1) is 9.25. The number of pyridine rings is 1. The molecule has 0 radical (unpaired) electrons. The number of carboxylic acids is 1. The normalized spacial score (nSPS) is 11.6. The van der Waals surface area contributed by atoms with Crippen LogP contribution in [0.25, 0.3) is 10.9 Å². The largest absolute Gasteiger partial charge is 0.497 e. The van der Waals surface area contributed by atoms with E-state index in [2.05, 4.69) is 0 Å². The molecular weight excluding hydrogens is 279 g/mol. The maximum absolute atomic E-state index is 12.8. The van der Waals surface area contributed by atoms with Crippen molar-refractivity contribution in [1.82, 2.24) is 4.98 Å². The maximum Gasteiger partial charge on any atom is 0.432 e. The van der Waals surface area contributed by atoms with Crippen molar-refractivity contribution in [2.75, 3.05) is 7.11 Å². The number of alkyl halides is 3. The Morgan fingerprint density at radius 1 is 1.35 bits per heavy atom. The van der Waals surface area contributed by atoms with Gasteiger partial charge in [-0.3, -0.25) is 4.79 Å². The summed E-state index contributed by atoms with van der Waals surface area (Å²) in [6.45, 7) is 0. The van der Waals surface area contributed by atoms with Crippen LogP contribution in [0.15, 0.2) is 23.0 Å². The fraction of sp³-hybridized carbons (Fsp3) is 0.167. The lowest BCUT2D eigenvalue weighted by atomic mass is 10.1. The fourth-order valence-corrected chi connectivity index (χ4v) is 1.81. The molecule has 0 aliphatic rings. The Morgan fingerprint density at radius 2 is 2.00 bits per heavy atom. The van der Waals surface area contributed by atoms with E-state index >= 15 is 0 Å². The molecule has 0 unspecified atom stereocenters. The van der Waals surface area contributed by atoms with Gasteiger partial charge in [0.15, 0.2) is 0 Å². The van der Waals surface area contributed by atoms with Crippen LogP contribution >= 0.6 is 0 Å². The van der Waals surface area contributed by atoms with Crippen molar-refractivity contribution in [3.63, 3.8) is 0 Å². The number of carbonyl (C=O) groups is 1. The lowest BCUT2D eigenvalue weighted by molar-refractivity contribution is -0.141. The minimum Gasteiger partial charge on any atom is -0.497 e. The molecule has 0 aliphatic carbocycles. The van der Waals surface area contributed by atoms with Crippen LogP contribution in [0.2, 0.25) is 0 Å². The highest BCUT2D eigenvalue weighted by Gasteiger charge is 2.38. The predicted molar refractivity (Wildman–Crippen MR) is 63.1 cm³/mol. The highest BCUT2D eigenvalue weighted by molar-refractivity contribution is 5.94. The molecule has 1 aromatic heterocycles. The van der Waals surface area contributed by atoms with Crippen LogP contribution in [0.5, 0.6) is 5.75 Å². The molecule has 0 saturated carbocycles.